The van der Waals surface area contributed by atoms with Gasteiger partial charge in [-0.3, -0.25) is 14.9 Å². The van der Waals surface area contributed by atoms with Crippen LogP contribution in [0.2, 0.25) is 10.0 Å². The van der Waals surface area contributed by atoms with Crippen molar-refractivity contribution in [3.05, 3.63) is 87.7 Å². The Balaban J connectivity index is 1.52. The highest BCUT2D eigenvalue weighted by Gasteiger charge is 2.37. The van der Waals surface area contributed by atoms with Crippen LogP contribution >= 0.6 is 23.2 Å². The molecule has 1 aromatic heterocycles. The van der Waals surface area contributed by atoms with Crippen molar-refractivity contribution in [2.45, 2.75) is 32.7 Å². The Kier molecular flexibility index (Phi) is 7.82. The molecule has 0 spiro atoms. The Morgan fingerprint density at radius 1 is 1.06 bits per heavy atom. The molecule has 9 heteroatoms. The lowest BCUT2D eigenvalue weighted by atomic mass is 9.98. The van der Waals surface area contributed by atoms with Gasteiger partial charge in [0.05, 0.1) is 17.3 Å². The molecule has 1 N–H and O–H groups in total. The third-order valence-corrected chi connectivity index (χ3v) is 6.62. The molecule has 0 radical (unpaired) electrons. The summed E-state index contributed by atoms with van der Waals surface area (Å²) in [6.45, 7) is 4.90. The number of benzene rings is 2. The first-order chi connectivity index (χ1) is 17.3. The summed E-state index contributed by atoms with van der Waals surface area (Å²) in [5, 5.41) is 3.22. The lowest BCUT2D eigenvalue weighted by Gasteiger charge is -2.26. The maximum atomic E-state index is 13.2. The SMILES string of the molecule is CC[C@H](C)c1ccc(N2C(=O)NC(=O)/C(=C/c3cccn3CCOc3cc(Cl)ccc3Cl)C2=O)cc1. The number of aromatic nitrogens is 1. The molecule has 1 aliphatic rings. The number of carbonyl (C=O) groups is 3. The fourth-order valence-corrected chi connectivity index (χ4v) is 4.17. The number of amides is 4. The molecule has 3 aromatic rings. The van der Waals surface area contributed by atoms with Crippen LogP contribution in [0.25, 0.3) is 6.08 Å². The first-order valence-corrected chi connectivity index (χ1v) is 12.3. The Bertz CT molecular complexity index is 1330. The molecule has 7 nitrogen and oxygen atoms in total. The summed E-state index contributed by atoms with van der Waals surface area (Å²) >= 11 is 12.1. The van der Waals surface area contributed by atoms with E-state index < -0.39 is 17.8 Å². The van der Waals surface area contributed by atoms with E-state index in [1.165, 1.54) is 6.08 Å². The van der Waals surface area contributed by atoms with Crippen LogP contribution in [0.4, 0.5) is 10.5 Å². The number of hydrogen-bond donors (Lipinski definition) is 1. The van der Waals surface area contributed by atoms with Crippen molar-refractivity contribution < 1.29 is 19.1 Å². The van der Waals surface area contributed by atoms with Gasteiger partial charge in [-0.2, -0.15) is 0 Å². The standard InChI is InChI=1S/C27H25Cl2N3O4/c1-3-17(2)18-6-9-20(10-7-18)32-26(34)22(25(33)30-27(32)35)16-21-5-4-12-31(21)13-14-36-24-15-19(28)8-11-23(24)29/h4-12,15-17H,3,13-14H2,1-2H3,(H,30,33,35)/b22-16-/t17-/m0/s1. The van der Waals surface area contributed by atoms with Gasteiger partial charge in [0.2, 0.25) is 0 Å². The Hall–Kier alpha value is -3.55. The van der Waals surface area contributed by atoms with E-state index in [9.17, 15) is 14.4 Å². The van der Waals surface area contributed by atoms with Gasteiger partial charge < -0.3 is 9.30 Å². The predicted molar refractivity (Wildman–Crippen MR) is 141 cm³/mol. The minimum absolute atomic E-state index is 0.139. The minimum Gasteiger partial charge on any atom is -0.490 e. The van der Waals surface area contributed by atoms with Crippen molar-refractivity contribution in [1.29, 1.82) is 0 Å². The lowest BCUT2D eigenvalue weighted by Crippen LogP contribution is -2.54. The van der Waals surface area contributed by atoms with E-state index in [0.29, 0.717) is 39.6 Å². The number of nitrogens with one attached hydrogen (secondary N) is 1. The summed E-state index contributed by atoms with van der Waals surface area (Å²) in [4.78, 5) is 39.3. The Morgan fingerprint density at radius 2 is 1.81 bits per heavy atom. The molecule has 0 aliphatic carbocycles. The molecular formula is C27H25Cl2N3O4. The number of urea groups is 1. The lowest BCUT2D eigenvalue weighted by molar-refractivity contribution is -0.122. The van der Waals surface area contributed by atoms with Crippen LogP contribution in [-0.4, -0.2) is 29.0 Å². The highest BCUT2D eigenvalue weighted by atomic mass is 35.5. The van der Waals surface area contributed by atoms with Crippen LogP contribution in [0.1, 0.15) is 37.4 Å². The van der Waals surface area contributed by atoms with Gasteiger partial charge >= 0.3 is 6.03 Å². The highest BCUT2D eigenvalue weighted by molar-refractivity contribution is 6.39. The third-order valence-electron chi connectivity index (χ3n) is 6.07. The fraction of sp³-hybridized carbons (Fsp3) is 0.222. The van der Waals surface area contributed by atoms with Crippen LogP contribution in [0.5, 0.6) is 5.75 Å². The first kappa shape index (κ1) is 25.5. The maximum Gasteiger partial charge on any atom is 0.335 e. The molecule has 1 aliphatic heterocycles. The second-order valence-corrected chi connectivity index (χ2v) is 9.25. The molecule has 0 bridgehead atoms. The molecule has 186 valence electrons. The maximum absolute atomic E-state index is 13.2. The van der Waals surface area contributed by atoms with Gasteiger partial charge in [0.1, 0.15) is 17.9 Å². The fourth-order valence-electron chi connectivity index (χ4n) is 3.83. The normalized spacial score (nSPS) is 15.8. The summed E-state index contributed by atoms with van der Waals surface area (Å²) in [7, 11) is 0. The highest BCUT2D eigenvalue weighted by Crippen LogP contribution is 2.28. The molecule has 1 fully saturated rings. The summed E-state index contributed by atoms with van der Waals surface area (Å²) in [5.41, 5.74) is 1.97. The van der Waals surface area contributed by atoms with Crippen LogP contribution in [0.3, 0.4) is 0 Å². The average molecular weight is 526 g/mol. The van der Waals surface area contributed by atoms with E-state index >= 15 is 0 Å². The quantitative estimate of drug-likeness (QED) is 0.286. The molecule has 4 amide bonds. The van der Waals surface area contributed by atoms with E-state index in [1.54, 1.807) is 48.7 Å². The molecular weight excluding hydrogens is 501 g/mol. The number of carbonyl (C=O) groups excluding carboxylic acids is 3. The van der Waals surface area contributed by atoms with Crippen molar-refractivity contribution >= 4 is 52.8 Å². The van der Waals surface area contributed by atoms with Crippen LogP contribution < -0.4 is 15.0 Å². The van der Waals surface area contributed by atoms with Crippen LogP contribution in [0, 0.1) is 0 Å². The topological polar surface area (TPSA) is 80.6 Å². The number of rotatable bonds is 8. The van der Waals surface area contributed by atoms with Gasteiger partial charge in [-0.25, -0.2) is 9.69 Å². The first-order valence-electron chi connectivity index (χ1n) is 11.5. The van der Waals surface area contributed by atoms with Gasteiger partial charge in [-0.15, -0.1) is 0 Å². The van der Waals surface area contributed by atoms with Crippen molar-refractivity contribution in [1.82, 2.24) is 9.88 Å². The zero-order chi connectivity index (χ0) is 25.8. The number of barbiturate groups is 1. The number of anilines is 1. The van der Waals surface area contributed by atoms with Crippen molar-refractivity contribution in [2.75, 3.05) is 11.5 Å². The zero-order valence-electron chi connectivity index (χ0n) is 19.8. The molecule has 1 atom stereocenters. The number of nitrogens with zero attached hydrogens (tertiary/aromatic N) is 2. The summed E-state index contributed by atoms with van der Waals surface area (Å²) in [6.07, 6.45) is 4.24. The second kappa shape index (κ2) is 11.0. The van der Waals surface area contributed by atoms with Crippen LogP contribution in [-0.2, 0) is 16.1 Å². The Labute approximate surface area is 219 Å². The average Bonchev–Trinajstić information content (AvgIpc) is 3.30. The smallest absolute Gasteiger partial charge is 0.335 e. The van der Waals surface area contributed by atoms with Crippen LogP contribution in [0.15, 0.2) is 66.4 Å². The number of ether oxygens (including phenoxy) is 1. The summed E-state index contributed by atoms with van der Waals surface area (Å²) in [6, 6.07) is 15.0. The minimum atomic E-state index is -0.777. The van der Waals surface area contributed by atoms with Crippen molar-refractivity contribution in [2.24, 2.45) is 0 Å². The van der Waals surface area contributed by atoms with Gasteiger partial charge in [0, 0.05) is 23.0 Å². The second-order valence-electron chi connectivity index (χ2n) is 8.41. The molecule has 1 saturated heterocycles. The molecule has 2 aromatic carbocycles. The predicted octanol–water partition coefficient (Wildman–Crippen LogP) is 6.05. The summed E-state index contributed by atoms with van der Waals surface area (Å²) in [5.74, 6) is -0.609. The molecule has 0 unspecified atom stereocenters. The Morgan fingerprint density at radius 3 is 2.53 bits per heavy atom. The number of hydrogen-bond acceptors (Lipinski definition) is 4. The van der Waals surface area contributed by atoms with Gasteiger partial charge in [-0.05, 0) is 60.4 Å². The van der Waals surface area contributed by atoms with E-state index in [0.717, 1.165) is 16.9 Å². The number of imide groups is 2. The van der Waals surface area contributed by atoms with Gasteiger partial charge in [0.25, 0.3) is 11.8 Å². The monoisotopic (exact) mass is 525 g/mol. The van der Waals surface area contributed by atoms with Crippen molar-refractivity contribution in [3.8, 4) is 5.75 Å². The molecule has 4 rings (SSSR count). The van der Waals surface area contributed by atoms with E-state index in [4.69, 9.17) is 27.9 Å². The third kappa shape index (κ3) is 5.48. The molecule has 36 heavy (non-hydrogen) atoms. The van der Waals surface area contributed by atoms with E-state index in [1.807, 2.05) is 16.7 Å². The summed E-state index contributed by atoms with van der Waals surface area (Å²) < 4.78 is 7.57. The van der Waals surface area contributed by atoms with E-state index in [2.05, 4.69) is 19.2 Å². The van der Waals surface area contributed by atoms with Gasteiger partial charge in [0.15, 0.2) is 0 Å². The molecule has 0 saturated carbocycles. The van der Waals surface area contributed by atoms with E-state index in [-0.39, 0.29) is 12.2 Å². The van der Waals surface area contributed by atoms with Gasteiger partial charge in [-0.1, -0.05) is 49.2 Å². The van der Waals surface area contributed by atoms with Crippen molar-refractivity contribution in [3.63, 3.8) is 0 Å². The largest absolute Gasteiger partial charge is 0.490 e. The molecule has 2 heterocycles. The number of halogens is 2. The zero-order valence-corrected chi connectivity index (χ0v) is 21.3.